The first kappa shape index (κ1) is 9.52. The minimum atomic E-state index is 0.777. The lowest BCUT2D eigenvalue weighted by molar-refractivity contribution is 0.307. The van der Waals surface area contributed by atoms with E-state index < -0.39 is 0 Å². The Bertz CT molecular complexity index is 240. The molecule has 0 saturated heterocycles. The average Bonchev–Trinajstić information content (AvgIpc) is 2.09. The van der Waals surface area contributed by atoms with Crippen LogP contribution in [0.4, 0.5) is 0 Å². The van der Waals surface area contributed by atoms with E-state index in [1.165, 1.54) is 0 Å². The van der Waals surface area contributed by atoms with Gasteiger partial charge in [-0.05, 0) is 28.4 Å². The zero-order chi connectivity index (χ0) is 8.81. The smallest absolute Gasteiger partial charge is 0.136 e. The van der Waals surface area contributed by atoms with Gasteiger partial charge in [0.05, 0.1) is 11.1 Å². The second-order valence-electron chi connectivity index (χ2n) is 2.51. The summed E-state index contributed by atoms with van der Waals surface area (Å²) >= 11 is 3.36. The third kappa shape index (κ3) is 2.81. The van der Waals surface area contributed by atoms with Crippen molar-refractivity contribution in [1.82, 2.24) is 4.98 Å². The Morgan fingerprint density at radius 3 is 3.08 bits per heavy atom. The van der Waals surface area contributed by atoms with E-state index in [0.29, 0.717) is 0 Å². The molecule has 0 radical (unpaired) electrons. The van der Waals surface area contributed by atoms with Gasteiger partial charge in [0.2, 0.25) is 0 Å². The van der Waals surface area contributed by atoms with E-state index >= 15 is 0 Å². The molecule has 0 aliphatic carbocycles. The number of pyridine rings is 1. The molecule has 1 rings (SSSR count). The Morgan fingerprint density at radius 2 is 2.42 bits per heavy atom. The monoisotopic (exact) mass is 229 g/mol. The Morgan fingerprint density at radius 1 is 1.58 bits per heavy atom. The molecule has 0 aliphatic heterocycles. The summed E-state index contributed by atoms with van der Waals surface area (Å²) in [5.74, 6) is 0.874. The van der Waals surface area contributed by atoms with Gasteiger partial charge < -0.3 is 4.74 Å². The highest BCUT2D eigenvalue weighted by molar-refractivity contribution is 9.10. The highest BCUT2D eigenvalue weighted by Crippen LogP contribution is 2.22. The van der Waals surface area contributed by atoms with Crippen molar-refractivity contribution >= 4 is 15.9 Å². The van der Waals surface area contributed by atoms with Crippen molar-refractivity contribution < 1.29 is 4.74 Å². The van der Waals surface area contributed by atoms with E-state index in [-0.39, 0.29) is 0 Å². The van der Waals surface area contributed by atoms with Crippen molar-refractivity contribution in [2.24, 2.45) is 0 Å². The molecule has 1 aromatic rings. The topological polar surface area (TPSA) is 22.1 Å². The SMILES string of the molecule is CCCCOc1ccncc1Br. The standard InChI is InChI=1S/C9H12BrNO/c1-2-3-6-12-9-4-5-11-7-8(9)10/h4-5,7H,2-3,6H2,1H3. The van der Waals surface area contributed by atoms with Crippen LogP contribution in [0.2, 0.25) is 0 Å². The number of hydrogen-bond donors (Lipinski definition) is 0. The minimum Gasteiger partial charge on any atom is -0.492 e. The molecule has 0 amide bonds. The van der Waals surface area contributed by atoms with Crippen LogP contribution in [0.5, 0.6) is 5.75 Å². The molecule has 1 heterocycles. The molecule has 0 atom stereocenters. The zero-order valence-electron chi connectivity index (χ0n) is 7.09. The first-order valence-electron chi connectivity index (χ1n) is 4.07. The summed E-state index contributed by atoms with van der Waals surface area (Å²) in [6.07, 6.45) is 5.71. The molecule has 0 aliphatic rings. The van der Waals surface area contributed by atoms with Crippen LogP contribution < -0.4 is 4.74 Å². The fraction of sp³-hybridized carbons (Fsp3) is 0.444. The fourth-order valence-corrected chi connectivity index (χ4v) is 1.17. The van der Waals surface area contributed by atoms with Crippen molar-refractivity contribution in [3.05, 3.63) is 22.9 Å². The summed E-state index contributed by atoms with van der Waals surface area (Å²) in [4.78, 5) is 3.95. The van der Waals surface area contributed by atoms with E-state index in [0.717, 1.165) is 29.7 Å². The summed E-state index contributed by atoms with van der Waals surface area (Å²) in [6.45, 7) is 2.92. The molecular weight excluding hydrogens is 218 g/mol. The molecule has 0 bridgehead atoms. The van der Waals surface area contributed by atoms with E-state index in [9.17, 15) is 0 Å². The first-order valence-corrected chi connectivity index (χ1v) is 4.86. The maximum Gasteiger partial charge on any atom is 0.136 e. The van der Waals surface area contributed by atoms with Gasteiger partial charge in [0.25, 0.3) is 0 Å². The number of nitrogens with zero attached hydrogens (tertiary/aromatic N) is 1. The molecule has 3 heteroatoms. The maximum absolute atomic E-state index is 5.49. The van der Waals surface area contributed by atoms with E-state index in [1.54, 1.807) is 12.4 Å². The summed E-state index contributed by atoms with van der Waals surface area (Å²) in [5.41, 5.74) is 0. The number of aromatic nitrogens is 1. The number of rotatable bonds is 4. The van der Waals surface area contributed by atoms with Gasteiger partial charge in [0.15, 0.2) is 0 Å². The molecule has 2 nitrogen and oxygen atoms in total. The second kappa shape index (κ2) is 5.14. The number of ether oxygens (including phenoxy) is 1. The fourth-order valence-electron chi connectivity index (χ4n) is 0.806. The summed E-state index contributed by atoms with van der Waals surface area (Å²) in [7, 11) is 0. The Kier molecular flexibility index (Phi) is 4.08. The molecule has 1 aromatic heterocycles. The van der Waals surface area contributed by atoms with E-state index in [4.69, 9.17) is 4.74 Å². The van der Waals surface area contributed by atoms with Crippen LogP contribution in [0.15, 0.2) is 22.9 Å². The Hall–Kier alpha value is -0.570. The van der Waals surface area contributed by atoms with Gasteiger partial charge in [0, 0.05) is 12.4 Å². The van der Waals surface area contributed by atoms with Gasteiger partial charge in [-0.3, -0.25) is 4.98 Å². The molecule has 12 heavy (non-hydrogen) atoms. The zero-order valence-corrected chi connectivity index (χ0v) is 8.67. The normalized spacial score (nSPS) is 9.83. The summed E-state index contributed by atoms with van der Waals surface area (Å²) in [6, 6.07) is 1.86. The van der Waals surface area contributed by atoms with Crippen LogP contribution in [0.25, 0.3) is 0 Å². The highest BCUT2D eigenvalue weighted by atomic mass is 79.9. The summed E-state index contributed by atoms with van der Waals surface area (Å²) < 4.78 is 6.41. The van der Waals surface area contributed by atoms with Crippen LogP contribution in [-0.2, 0) is 0 Å². The third-order valence-electron chi connectivity index (χ3n) is 1.49. The molecule has 0 unspecified atom stereocenters. The maximum atomic E-state index is 5.49. The molecule has 0 spiro atoms. The quantitative estimate of drug-likeness (QED) is 0.741. The lowest BCUT2D eigenvalue weighted by Gasteiger charge is -2.05. The predicted octanol–water partition coefficient (Wildman–Crippen LogP) is 3.02. The molecule has 66 valence electrons. The third-order valence-corrected chi connectivity index (χ3v) is 2.09. The molecule has 0 N–H and O–H groups in total. The molecule has 0 fully saturated rings. The van der Waals surface area contributed by atoms with Crippen LogP contribution in [-0.4, -0.2) is 11.6 Å². The van der Waals surface area contributed by atoms with Crippen LogP contribution >= 0.6 is 15.9 Å². The van der Waals surface area contributed by atoms with Crippen LogP contribution in [0, 0.1) is 0 Å². The van der Waals surface area contributed by atoms with Crippen molar-refractivity contribution in [1.29, 1.82) is 0 Å². The Balaban J connectivity index is 2.46. The lowest BCUT2D eigenvalue weighted by atomic mass is 10.3. The number of unbranched alkanes of at least 4 members (excludes halogenated alkanes) is 1. The number of halogens is 1. The van der Waals surface area contributed by atoms with Crippen molar-refractivity contribution in [2.75, 3.05) is 6.61 Å². The largest absolute Gasteiger partial charge is 0.492 e. The van der Waals surface area contributed by atoms with Crippen molar-refractivity contribution in [3.63, 3.8) is 0 Å². The van der Waals surface area contributed by atoms with Crippen molar-refractivity contribution in [3.8, 4) is 5.75 Å². The highest BCUT2D eigenvalue weighted by Gasteiger charge is 1.97. The van der Waals surface area contributed by atoms with Gasteiger partial charge in [-0.25, -0.2) is 0 Å². The average molecular weight is 230 g/mol. The lowest BCUT2D eigenvalue weighted by Crippen LogP contribution is -1.96. The molecule has 0 saturated carbocycles. The Labute approximate surface area is 81.1 Å². The minimum absolute atomic E-state index is 0.777. The van der Waals surface area contributed by atoms with Crippen LogP contribution in [0.1, 0.15) is 19.8 Å². The molecule has 0 aromatic carbocycles. The van der Waals surface area contributed by atoms with E-state index in [2.05, 4.69) is 27.8 Å². The summed E-state index contributed by atoms with van der Waals surface area (Å²) in [5, 5.41) is 0. The van der Waals surface area contributed by atoms with Gasteiger partial charge in [0.1, 0.15) is 5.75 Å². The first-order chi connectivity index (χ1) is 5.84. The molecular formula is C9H12BrNO. The van der Waals surface area contributed by atoms with Gasteiger partial charge in [-0.2, -0.15) is 0 Å². The van der Waals surface area contributed by atoms with Crippen molar-refractivity contribution in [2.45, 2.75) is 19.8 Å². The van der Waals surface area contributed by atoms with Gasteiger partial charge in [-0.1, -0.05) is 13.3 Å². The second-order valence-corrected chi connectivity index (χ2v) is 3.36. The van der Waals surface area contributed by atoms with Gasteiger partial charge in [-0.15, -0.1) is 0 Å². The number of hydrogen-bond acceptors (Lipinski definition) is 2. The van der Waals surface area contributed by atoms with Crippen LogP contribution in [0.3, 0.4) is 0 Å². The van der Waals surface area contributed by atoms with Gasteiger partial charge >= 0.3 is 0 Å². The van der Waals surface area contributed by atoms with E-state index in [1.807, 2.05) is 6.07 Å². The predicted molar refractivity (Wildman–Crippen MR) is 52.3 cm³/mol.